The third-order valence-corrected chi connectivity index (χ3v) is 9.89. The molecule has 0 aliphatic heterocycles. The lowest BCUT2D eigenvalue weighted by Gasteiger charge is -2.20. The van der Waals surface area contributed by atoms with Crippen LogP contribution in [0.2, 0.25) is 0 Å². The highest BCUT2D eigenvalue weighted by Gasteiger charge is 2.28. The largest absolute Gasteiger partial charge is 0.480 e. The lowest BCUT2D eigenvalue weighted by Crippen LogP contribution is -2.34. The fraction of sp³-hybridized carbons (Fsp3) is 0.674. The molecule has 4 N–H and O–H groups in total. The zero-order valence-corrected chi connectivity index (χ0v) is 36.8. The first-order chi connectivity index (χ1) is 28.1. The molecule has 0 radical (unpaired) electrons. The van der Waals surface area contributed by atoms with E-state index >= 15 is 0 Å². The Labute approximate surface area is 350 Å². The molecule has 0 aliphatic carbocycles. The minimum absolute atomic E-state index is 0.0316. The monoisotopic (exact) mass is 836 g/mol. The van der Waals surface area contributed by atoms with E-state index in [9.17, 15) is 23.8 Å². The molecule has 11 nitrogen and oxygen atoms in total. The van der Waals surface area contributed by atoms with Crippen molar-refractivity contribution in [3.05, 3.63) is 72.9 Å². The highest BCUT2D eigenvalue weighted by Crippen LogP contribution is 2.43. The lowest BCUT2D eigenvalue weighted by molar-refractivity contribution is -0.161. The van der Waals surface area contributed by atoms with Crippen LogP contribution in [0.5, 0.6) is 0 Å². The maximum absolute atomic E-state index is 12.6. The van der Waals surface area contributed by atoms with Crippen molar-refractivity contribution >= 4 is 25.7 Å². The number of carboxylic acid groups (broad SMARTS) is 1. The fourth-order valence-corrected chi connectivity index (χ4v) is 6.23. The minimum atomic E-state index is -4.74. The number of carbonyl (C=O) groups excluding carboxylic acids is 2. The average Bonchev–Trinajstić information content (AvgIpc) is 3.20. The van der Waals surface area contributed by atoms with E-state index in [0.29, 0.717) is 19.3 Å². The van der Waals surface area contributed by atoms with Crippen molar-refractivity contribution in [2.45, 2.75) is 180 Å². The van der Waals surface area contributed by atoms with E-state index in [1.807, 2.05) is 12.2 Å². The van der Waals surface area contributed by atoms with Gasteiger partial charge >= 0.3 is 25.7 Å². The number of carboxylic acids is 1. The summed E-state index contributed by atoms with van der Waals surface area (Å²) in [4.78, 5) is 45.9. The van der Waals surface area contributed by atoms with E-state index in [0.717, 1.165) is 51.4 Å². The van der Waals surface area contributed by atoms with Gasteiger partial charge in [0.2, 0.25) is 0 Å². The molecule has 0 aromatic carbocycles. The van der Waals surface area contributed by atoms with Crippen LogP contribution < -0.4 is 5.73 Å². The number of esters is 2. The summed E-state index contributed by atoms with van der Waals surface area (Å²) >= 11 is 0. The van der Waals surface area contributed by atoms with Gasteiger partial charge in [0, 0.05) is 12.8 Å². The standard InChI is InChI=1S/C46H78NO10P/c1-3-5-7-9-11-13-15-17-19-20-21-22-24-26-28-30-32-34-36-38-45(49)57-42(40-55-58(52,53)56-41-43(47)46(50)51)39-54-44(48)37-35-33-31-29-27-25-23-18-16-14-12-10-8-6-4-2/h11,13,17,19,21-22,25-28,32,34,42-43H,3-10,12,14-16,18,20,23-24,29-31,33,35-41,47H2,1-2H3,(H,50,51)(H,52,53)/b13-11+,19-17+,22-21+,27-25+,28-26+,34-32+/t42-,43+/m1/s1. The smallest absolute Gasteiger partial charge is 0.472 e. The molecule has 0 amide bonds. The third-order valence-electron chi connectivity index (χ3n) is 8.94. The van der Waals surface area contributed by atoms with E-state index in [4.69, 9.17) is 24.8 Å². The molecular formula is C46H78NO10P. The van der Waals surface area contributed by atoms with Gasteiger partial charge < -0.3 is 25.2 Å². The third kappa shape index (κ3) is 39.7. The van der Waals surface area contributed by atoms with Gasteiger partial charge in [0.15, 0.2) is 6.10 Å². The fourth-order valence-electron chi connectivity index (χ4n) is 5.45. The molecule has 12 heteroatoms. The highest BCUT2D eigenvalue weighted by atomic mass is 31.2. The van der Waals surface area contributed by atoms with Crippen LogP contribution in [0.15, 0.2) is 72.9 Å². The number of nitrogens with two attached hydrogens (primary N) is 1. The van der Waals surface area contributed by atoms with Crippen molar-refractivity contribution in [3.8, 4) is 0 Å². The van der Waals surface area contributed by atoms with Crippen LogP contribution in [0.3, 0.4) is 0 Å². The van der Waals surface area contributed by atoms with E-state index in [1.54, 1.807) is 0 Å². The molecule has 3 atom stereocenters. The van der Waals surface area contributed by atoms with Crippen molar-refractivity contribution < 1.29 is 47.5 Å². The van der Waals surface area contributed by atoms with Crippen LogP contribution in [0, 0.1) is 0 Å². The first-order valence-corrected chi connectivity index (χ1v) is 23.5. The van der Waals surface area contributed by atoms with Crippen LogP contribution in [0.25, 0.3) is 0 Å². The molecule has 0 saturated heterocycles. The Morgan fingerprint density at radius 3 is 1.48 bits per heavy atom. The topological polar surface area (TPSA) is 172 Å². The van der Waals surface area contributed by atoms with Crippen LogP contribution in [-0.2, 0) is 37.5 Å². The predicted molar refractivity (Wildman–Crippen MR) is 235 cm³/mol. The van der Waals surface area contributed by atoms with Gasteiger partial charge in [-0.15, -0.1) is 0 Å². The molecule has 0 aromatic rings. The number of aliphatic carboxylic acids is 1. The molecule has 0 saturated carbocycles. The van der Waals surface area contributed by atoms with Crippen molar-refractivity contribution in [2.75, 3.05) is 19.8 Å². The van der Waals surface area contributed by atoms with Gasteiger partial charge in [-0.2, -0.15) is 0 Å². The second kappa shape index (κ2) is 40.7. The number of hydrogen-bond donors (Lipinski definition) is 3. The zero-order valence-electron chi connectivity index (χ0n) is 35.9. The number of hydrogen-bond acceptors (Lipinski definition) is 9. The first kappa shape index (κ1) is 54.9. The van der Waals surface area contributed by atoms with Crippen molar-refractivity contribution in [2.24, 2.45) is 5.73 Å². The summed E-state index contributed by atoms with van der Waals surface area (Å²) in [5.74, 6) is -2.51. The molecule has 0 fully saturated rings. The quantitative estimate of drug-likeness (QED) is 0.0232. The Hall–Kier alpha value is -3.08. The number of rotatable bonds is 40. The Morgan fingerprint density at radius 1 is 0.534 bits per heavy atom. The Morgan fingerprint density at radius 2 is 0.948 bits per heavy atom. The van der Waals surface area contributed by atoms with E-state index in [1.165, 1.54) is 70.6 Å². The lowest BCUT2D eigenvalue weighted by atomic mass is 10.1. The van der Waals surface area contributed by atoms with Crippen molar-refractivity contribution in [1.29, 1.82) is 0 Å². The maximum atomic E-state index is 12.6. The van der Waals surface area contributed by atoms with Gasteiger partial charge in [0.05, 0.1) is 13.2 Å². The zero-order chi connectivity index (χ0) is 42.8. The van der Waals surface area contributed by atoms with Crippen molar-refractivity contribution in [1.82, 2.24) is 0 Å². The van der Waals surface area contributed by atoms with Crippen LogP contribution in [0.4, 0.5) is 0 Å². The first-order valence-electron chi connectivity index (χ1n) is 22.0. The molecule has 58 heavy (non-hydrogen) atoms. The molecule has 0 heterocycles. The van der Waals surface area contributed by atoms with Crippen LogP contribution in [-0.4, -0.2) is 59.9 Å². The predicted octanol–water partition coefficient (Wildman–Crippen LogP) is 11.7. The summed E-state index contributed by atoms with van der Waals surface area (Å²) in [6.45, 7) is 2.67. The summed E-state index contributed by atoms with van der Waals surface area (Å²) in [6, 6.07) is -1.54. The van der Waals surface area contributed by atoms with Crippen molar-refractivity contribution in [3.63, 3.8) is 0 Å². The van der Waals surface area contributed by atoms with Gasteiger partial charge in [0.1, 0.15) is 12.6 Å². The number of phosphoric acid groups is 1. The molecule has 0 spiro atoms. The summed E-state index contributed by atoms with van der Waals surface area (Å²) in [6.07, 6.45) is 48.4. The normalized spacial score (nSPS) is 14.4. The van der Waals surface area contributed by atoms with E-state index in [2.05, 4.69) is 79.1 Å². The summed E-state index contributed by atoms with van der Waals surface area (Å²) in [5.41, 5.74) is 5.33. The molecule has 0 rings (SSSR count). The number of allylic oxidation sites excluding steroid dienone is 12. The summed E-state index contributed by atoms with van der Waals surface area (Å²) < 4.78 is 32.6. The molecule has 0 aliphatic rings. The minimum Gasteiger partial charge on any atom is -0.480 e. The Bertz CT molecular complexity index is 1260. The van der Waals surface area contributed by atoms with Gasteiger partial charge in [-0.25, -0.2) is 4.57 Å². The number of carbonyl (C=O) groups is 3. The van der Waals surface area contributed by atoms with Gasteiger partial charge in [-0.05, 0) is 77.0 Å². The average molecular weight is 836 g/mol. The molecule has 0 aromatic heterocycles. The van der Waals surface area contributed by atoms with Crippen LogP contribution >= 0.6 is 7.82 Å². The Kier molecular flexibility index (Phi) is 38.5. The number of phosphoric ester groups is 1. The van der Waals surface area contributed by atoms with Gasteiger partial charge in [0.25, 0.3) is 0 Å². The Balaban J connectivity index is 4.53. The van der Waals surface area contributed by atoms with Gasteiger partial charge in [-0.1, -0.05) is 151 Å². The molecule has 0 bridgehead atoms. The highest BCUT2D eigenvalue weighted by molar-refractivity contribution is 7.47. The van der Waals surface area contributed by atoms with E-state index in [-0.39, 0.29) is 19.4 Å². The molecule has 332 valence electrons. The number of unbranched alkanes of at least 4 members (excludes halogenated alkanes) is 14. The SMILES string of the molecule is CCCCC/C=C/C/C=C/C/C=C/C/C=C/C/C=C/CCC(=O)O[C@H](COC(=O)CCCCC/C=C/CCCCCCCCCC)COP(=O)(O)OC[C@H](N)C(=O)O. The summed E-state index contributed by atoms with van der Waals surface area (Å²) in [5, 5.41) is 8.89. The molecular weight excluding hydrogens is 757 g/mol. The molecule has 1 unspecified atom stereocenters. The number of ether oxygens (including phenoxy) is 2. The van der Waals surface area contributed by atoms with Crippen LogP contribution in [0.1, 0.15) is 168 Å². The summed E-state index contributed by atoms with van der Waals surface area (Å²) in [7, 11) is -4.74. The second-order valence-corrected chi connectivity index (χ2v) is 15.9. The van der Waals surface area contributed by atoms with E-state index < -0.39 is 51.1 Å². The van der Waals surface area contributed by atoms with Gasteiger partial charge in [-0.3, -0.25) is 23.4 Å². The maximum Gasteiger partial charge on any atom is 0.472 e. The second-order valence-electron chi connectivity index (χ2n) is 14.5.